The van der Waals surface area contributed by atoms with E-state index in [1.165, 1.54) is 0 Å². The van der Waals surface area contributed by atoms with Crippen molar-refractivity contribution in [2.45, 2.75) is 18.9 Å². The first-order valence-corrected chi connectivity index (χ1v) is 7.98. The number of nitrogens with one attached hydrogen (secondary N) is 2. The predicted molar refractivity (Wildman–Crippen MR) is 90.3 cm³/mol. The van der Waals surface area contributed by atoms with Crippen LogP contribution in [0, 0.1) is 0 Å². The number of carbonyl (C=O) groups is 1. The largest absolute Gasteiger partial charge is 0.497 e. The highest BCUT2D eigenvalue weighted by Gasteiger charge is 2.23. The minimum atomic E-state index is -0.524. The highest BCUT2D eigenvalue weighted by Crippen LogP contribution is 2.23. The third-order valence-corrected chi connectivity index (χ3v) is 3.84. The Morgan fingerprint density at radius 2 is 1.92 bits per heavy atom. The summed E-state index contributed by atoms with van der Waals surface area (Å²) in [6, 6.07) is 7.56. The van der Waals surface area contributed by atoms with Crippen molar-refractivity contribution in [1.29, 1.82) is 0 Å². The number of aromatic nitrogens is 2. The van der Waals surface area contributed by atoms with Gasteiger partial charge in [-0.2, -0.15) is 5.10 Å². The number of anilines is 1. The summed E-state index contributed by atoms with van der Waals surface area (Å²) in [4.78, 5) is 11.7. The first kappa shape index (κ1) is 17.1. The molecule has 0 unspecified atom stereocenters. The van der Waals surface area contributed by atoms with Crippen LogP contribution in [0.1, 0.15) is 11.3 Å². The van der Waals surface area contributed by atoms with E-state index in [1.807, 2.05) is 18.2 Å². The molecular weight excluding hydrogens is 326 g/mol. The lowest BCUT2D eigenvalue weighted by atomic mass is 10.1. The molecule has 0 saturated carbocycles. The lowest BCUT2D eigenvalue weighted by Crippen LogP contribution is -2.38. The van der Waals surface area contributed by atoms with Crippen LogP contribution in [-0.4, -0.2) is 49.8 Å². The summed E-state index contributed by atoms with van der Waals surface area (Å²) in [5.41, 5.74) is 1.99. The van der Waals surface area contributed by atoms with E-state index in [2.05, 4.69) is 15.5 Å². The van der Waals surface area contributed by atoms with Gasteiger partial charge in [-0.05, 0) is 30.5 Å². The number of H-pyrrole nitrogens is 1. The molecule has 1 fully saturated rings. The minimum absolute atomic E-state index is 0.165. The molecule has 2 N–H and O–H groups in total. The van der Waals surface area contributed by atoms with Crippen molar-refractivity contribution in [2.75, 3.05) is 32.8 Å². The lowest BCUT2D eigenvalue weighted by molar-refractivity contribution is -0.0951. The standard InChI is InChI=1S/C17H21N3O5/c1-22-13-5-11(6-14(8-13)23-2)3-4-12-7-16(20-19-12)18-17(21)25-15-9-24-10-15/h5-8,15H,3-4,9-10H2,1-2H3,(H2,18,19,20,21). The van der Waals surface area contributed by atoms with E-state index < -0.39 is 6.09 Å². The van der Waals surface area contributed by atoms with Crippen LogP contribution >= 0.6 is 0 Å². The molecule has 0 aliphatic carbocycles. The van der Waals surface area contributed by atoms with Gasteiger partial charge in [-0.15, -0.1) is 0 Å². The number of carbonyl (C=O) groups excluding carboxylic acids is 1. The SMILES string of the molecule is COc1cc(CCc2cc(NC(=O)OC3COC3)n[nH]2)cc(OC)c1. The smallest absolute Gasteiger partial charge is 0.413 e. The zero-order valence-corrected chi connectivity index (χ0v) is 14.2. The molecule has 25 heavy (non-hydrogen) atoms. The minimum Gasteiger partial charge on any atom is -0.497 e. The number of nitrogens with zero attached hydrogens (tertiary/aromatic N) is 1. The summed E-state index contributed by atoms with van der Waals surface area (Å²) in [6.45, 7) is 0.895. The van der Waals surface area contributed by atoms with E-state index >= 15 is 0 Å². The van der Waals surface area contributed by atoms with Crippen molar-refractivity contribution < 1.29 is 23.7 Å². The molecule has 3 rings (SSSR count). The summed E-state index contributed by atoms with van der Waals surface area (Å²) in [7, 11) is 3.25. The molecule has 2 aromatic rings. The zero-order chi connectivity index (χ0) is 17.6. The van der Waals surface area contributed by atoms with Gasteiger partial charge in [0, 0.05) is 17.8 Å². The molecular formula is C17H21N3O5. The molecule has 0 radical (unpaired) electrons. The second-order valence-electron chi connectivity index (χ2n) is 5.69. The van der Waals surface area contributed by atoms with Crippen LogP contribution in [0.15, 0.2) is 24.3 Å². The molecule has 134 valence electrons. The van der Waals surface area contributed by atoms with E-state index in [9.17, 15) is 4.79 Å². The van der Waals surface area contributed by atoms with Crippen molar-refractivity contribution in [3.63, 3.8) is 0 Å². The number of aromatic amines is 1. The Kier molecular flexibility index (Phi) is 5.39. The third kappa shape index (κ3) is 4.63. The molecule has 1 amide bonds. The Morgan fingerprint density at radius 3 is 2.52 bits per heavy atom. The fourth-order valence-corrected chi connectivity index (χ4v) is 2.41. The van der Waals surface area contributed by atoms with Crippen molar-refractivity contribution in [3.8, 4) is 11.5 Å². The fourth-order valence-electron chi connectivity index (χ4n) is 2.41. The molecule has 0 spiro atoms. The van der Waals surface area contributed by atoms with Crippen molar-refractivity contribution in [1.82, 2.24) is 10.2 Å². The molecule has 1 aliphatic heterocycles. The highest BCUT2D eigenvalue weighted by atomic mass is 16.6. The summed E-state index contributed by atoms with van der Waals surface area (Å²) >= 11 is 0. The molecule has 2 heterocycles. The Hall–Kier alpha value is -2.74. The van der Waals surface area contributed by atoms with E-state index in [0.717, 1.165) is 35.6 Å². The van der Waals surface area contributed by atoms with Gasteiger partial charge in [-0.3, -0.25) is 10.4 Å². The quantitative estimate of drug-likeness (QED) is 0.797. The number of aryl methyl sites for hydroxylation is 2. The van der Waals surface area contributed by atoms with Gasteiger partial charge >= 0.3 is 6.09 Å². The molecule has 1 aromatic heterocycles. The van der Waals surface area contributed by atoms with Crippen molar-refractivity contribution in [3.05, 3.63) is 35.5 Å². The Morgan fingerprint density at radius 1 is 1.20 bits per heavy atom. The number of benzene rings is 1. The second kappa shape index (κ2) is 7.89. The van der Waals surface area contributed by atoms with Gasteiger partial charge in [0.25, 0.3) is 0 Å². The monoisotopic (exact) mass is 347 g/mol. The van der Waals surface area contributed by atoms with Crippen LogP contribution in [0.2, 0.25) is 0 Å². The average Bonchev–Trinajstić information content (AvgIpc) is 3.03. The fraction of sp³-hybridized carbons (Fsp3) is 0.412. The van der Waals surface area contributed by atoms with Crippen LogP contribution in [0.4, 0.5) is 10.6 Å². The third-order valence-electron chi connectivity index (χ3n) is 3.84. The maximum Gasteiger partial charge on any atom is 0.413 e. The normalized spacial score (nSPS) is 13.8. The zero-order valence-electron chi connectivity index (χ0n) is 14.2. The van der Waals surface area contributed by atoms with Crippen molar-refractivity contribution >= 4 is 11.9 Å². The first-order chi connectivity index (χ1) is 12.2. The van der Waals surface area contributed by atoms with E-state index in [4.69, 9.17) is 18.9 Å². The van der Waals surface area contributed by atoms with E-state index in [1.54, 1.807) is 20.3 Å². The topological polar surface area (TPSA) is 94.7 Å². The maximum absolute atomic E-state index is 11.7. The van der Waals surface area contributed by atoms with Crippen LogP contribution < -0.4 is 14.8 Å². The Balaban J connectivity index is 1.53. The number of hydrogen-bond acceptors (Lipinski definition) is 6. The Labute approximate surface area is 145 Å². The Bertz CT molecular complexity index is 705. The molecule has 1 aliphatic rings. The van der Waals surface area contributed by atoms with Gasteiger partial charge in [0.05, 0.1) is 27.4 Å². The highest BCUT2D eigenvalue weighted by molar-refractivity contribution is 5.83. The molecule has 1 aromatic carbocycles. The van der Waals surface area contributed by atoms with E-state index in [-0.39, 0.29) is 6.10 Å². The summed E-state index contributed by atoms with van der Waals surface area (Å²) < 4.78 is 20.6. The van der Waals surface area contributed by atoms with Crippen molar-refractivity contribution in [2.24, 2.45) is 0 Å². The van der Waals surface area contributed by atoms with Gasteiger partial charge in [0.2, 0.25) is 0 Å². The van der Waals surface area contributed by atoms with Crippen LogP contribution in [0.5, 0.6) is 11.5 Å². The van der Waals surface area contributed by atoms with Crippen LogP contribution in [0.3, 0.4) is 0 Å². The number of ether oxygens (including phenoxy) is 4. The summed E-state index contributed by atoms with van der Waals surface area (Å²) in [5, 5.41) is 9.58. The van der Waals surface area contributed by atoms with Gasteiger partial charge in [-0.25, -0.2) is 4.79 Å². The van der Waals surface area contributed by atoms with Crippen LogP contribution in [0.25, 0.3) is 0 Å². The predicted octanol–water partition coefficient (Wildman–Crippen LogP) is 2.16. The lowest BCUT2D eigenvalue weighted by Gasteiger charge is -2.25. The second-order valence-corrected chi connectivity index (χ2v) is 5.69. The molecule has 8 heteroatoms. The van der Waals surface area contributed by atoms with Gasteiger partial charge in [0.15, 0.2) is 11.9 Å². The number of hydrogen-bond donors (Lipinski definition) is 2. The number of methoxy groups -OCH3 is 2. The maximum atomic E-state index is 11.7. The average molecular weight is 347 g/mol. The molecule has 1 saturated heterocycles. The van der Waals surface area contributed by atoms with Gasteiger partial charge < -0.3 is 18.9 Å². The first-order valence-electron chi connectivity index (χ1n) is 7.98. The summed E-state index contributed by atoms with van der Waals surface area (Å²) in [6.07, 6.45) is 0.820. The molecule has 0 atom stereocenters. The molecule has 0 bridgehead atoms. The van der Waals surface area contributed by atoms with Crippen LogP contribution in [-0.2, 0) is 22.3 Å². The van der Waals surface area contributed by atoms with Gasteiger partial charge in [0.1, 0.15) is 11.5 Å². The molecule has 8 nitrogen and oxygen atoms in total. The van der Waals surface area contributed by atoms with E-state index in [0.29, 0.717) is 19.0 Å². The number of rotatable bonds is 7. The number of amides is 1. The summed E-state index contributed by atoms with van der Waals surface area (Å²) in [5.74, 6) is 1.94. The van der Waals surface area contributed by atoms with Gasteiger partial charge in [-0.1, -0.05) is 0 Å².